The molecule has 0 unspecified atom stereocenters. The second-order valence-electron chi connectivity index (χ2n) is 6.40. The first-order chi connectivity index (χ1) is 9.86. The fourth-order valence-corrected chi connectivity index (χ4v) is 3.15. The van der Waals surface area contributed by atoms with E-state index in [1.807, 2.05) is 0 Å². The molecule has 0 aromatic heterocycles. The summed E-state index contributed by atoms with van der Waals surface area (Å²) < 4.78 is 0. The number of nitrogens with zero attached hydrogens (tertiary/aromatic N) is 2. The number of hydrogen-bond acceptors (Lipinski definition) is 0. The van der Waals surface area contributed by atoms with E-state index >= 15 is 0 Å². The minimum atomic E-state index is 0. The van der Waals surface area contributed by atoms with Crippen LogP contribution in [-0.4, -0.2) is 25.2 Å². The summed E-state index contributed by atoms with van der Waals surface area (Å²) in [4.78, 5) is 0. The molecule has 0 amide bonds. The van der Waals surface area contributed by atoms with E-state index in [1.54, 1.807) is 0 Å². The Morgan fingerprint density at radius 3 is 1.23 bits per heavy atom. The summed E-state index contributed by atoms with van der Waals surface area (Å²) in [5.41, 5.74) is 0. The summed E-state index contributed by atoms with van der Waals surface area (Å²) in [6.07, 6.45) is 16.4. The van der Waals surface area contributed by atoms with E-state index in [1.165, 1.54) is 77.0 Å². The van der Waals surface area contributed by atoms with Crippen LogP contribution in [0.4, 0.5) is 0 Å². The molecule has 2 nitrogen and oxygen atoms in total. The van der Waals surface area contributed by atoms with Gasteiger partial charge in [-0.1, -0.05) is 90.9 Å². The van der Waals surface area contributed by atoms with Crippen molar-refractivity contribution in [3.8, 4) is 0 Å². The summed E-state index contributed by atoms with van der Waals surface area (Å²) in [6, 6.07) is 1.46. The predicted octanol–water partition coefficient (Wildman–Crippen LogP) is 6.82. The summed E-state index contributed by atoms with van der Waals surface area (Å²) in [7, 11) is 0. The summed E-state index contributed by atoms with van der Waals surface area (Å²) in [6.45, 7) is 6.58. The molecule has 4 heteroatoms. The van der Waals surface area contributed by atoms with Crippen LogP contribution in [0, 0.1) is 40.8 Å². The van der Waals surface area contributed by atoms with E-state index in [0.717, 1.165) is 25.2 Å². The van der Waals surface area contributed by atoms with Crippen LogP contribution in [-0.2, 0) is 0 Å². The molecule has 2 saturated carbocycles. The molecule has 2 fully saturated rings. The second-order valence-corrected chi connectivity index (χ2v) is 6.40. The zero-order chi connectivity index (χ0) is 14.5. The Kier molecular flexibility index (Phi) is 23.0. The van der Waals surface area contributed by atoms with E-state index in [0.29, 0.717) is 0 Å². The van der Waals surface area contributed by atoms with Crippen molar-refractivity contribution in [3.63, 3.8) is 0 Å². The Morgan fingerprint density at radius 1 is 0.636 bits per heavy atom. The molecule has 2 aliphatic rings. The van der Waals surface area contributed by atoms with E-state index in [-0.39, 0.29) is 64.8 Å². The predicted molar refractivity (Wildman–Crippen MR) is 106 cm³/mol. The van der Waals surface area contributed by atoms with Gasteiger partial charge in [0.15, 0.2) is 0 Å². The van der Waals surface area contributed by atoms with Gasteiger partial charge < -0.3 is 10.6 Å². The summed E-state index contributed by atoms with van der Waals surface area (Å²) >= 11 is 0. The molecule has 0 aliphatic heterocycles. The van der Waals surface area contributed by atoms with Crippen LogP contribution in [0.2, 0.25) is 0 Å². The quantitative estimate of drug-likeness (QED) is 0.324. The van der Waals surface area contributed by atoms with Gasteiger partial charge in [0, 0.05) is 40.8 Å². The molecule has 0 atom stereocenters. The van der Waals surface area contributed by atoms with Gasteiger partial charge in [-0.3, -0.25) is 0 Å². The van der Waals surface area contributed by atoms with Crippen LogP contribution in [0.3, 0.4) is 0 Å². The van der Waals surface area contributed by atoms with Crippen LogP contribution in [0.5, 0.6) is 0 Å². The molecule has 132 valence electrons. The molecule has 0 saturated heterocycles. The molecule has 0 bridgehead atoms. The average molecular weight is 553 g/mol. The van der Waals surface area contributed by atoms with Crippen molar-refractivity contribution >= 4 is 24.0 Å². The zero-order valence-corrected chi connectivity index (χ0v) is 20.4. The Balaban J connectivity index is 0. The molecule has 0 aromatic rings. The van der Waals surface area contributed by atoms with Crippen LogP contribution in [0.15, 0.2) is 0 Å². The van der Waals surface area contributed by atoms with E-state index in [9.17, 15) is 0 Å². The van der Waals surface area contributed by atoms with Gasteiger partial charge in [-0.2, -0.15) is 0 Å². The van der Waals surface area contributed by atoms with Gasteiger partial charge in [-0.05, 0) is 0 Å². The summed E-state index contributed by atoms with van der Waals surface area (Å²) in [5.74, 6) is 0. The maximum Gasteiger partial charge on any atom is 0 e. The second kappa shape index (κ2) is 19.3. The minimum Gasteiger partial charge on any atom is -0.660 e. The van der Waals surface area contributed by atoms with Gasteiger partial charge in [0.1, 0.15) is 0 Å². The van der Waals surface area contributed by atoms with Crippen LogP contribution < -0.4 is 0 Å². The van der Waals surface area contributed by atoms with Crippen molar-refractivity contribution in [3.05, 3.63) is 10.6 Å². The topological polar surface area (TPSA) is 28.2 Å². The van der Waals surface area contributed by atoms with Crippen molar-refractivity contribution in [1.29, 1.82) is 0 Å². The molecular weight excluding hydrogens is 515 g/mol. The number of hydrogen-bond donors (Lipinski definition) is 0. The molecule has 22 heavy (non-hydrogen) atoms. The third-order valence-electron chi connectivity index (χ3n) is 4.37. The van der Waals surface area contributed by atoms with Crippen molar-refractivity contribution in [2.75, 3.05) is 13.1 Å². The van der Waals surface area contributed by atoms with E-state index in [4.69, 9.17) is 0 Å². The van der Waals surface area contributed by atoms with Gasteiger partial charge in [0.2, 0.25) is 0 Å². The van der Waals surface area contributed by atoms with Gasteiger partial charge in [0.25, 0.3) is 0 Å². The molecular formula is C18H37IN2Nd-2. The monoisotopic (exact) mass is 550 g/mol. The summed E-state index contributed by atoms with van der Waals surface area (Å²) in [5, 5.41) is 9.20. The maximum absolute atomic E-state index is 4.60. The van der Waals surface area contributed by atoms with Crippen LogP contribution >= 0.6 is 24.0 Å². The molecule has 0 radical (unpaired) electrons. The van der Waals surface area contributed by atoms with Gasteiger partial charge >= 0.3 is 0 Å². The third kappa shape index (κ3) is 14.4. The Bertz CT molecular complexity index is 183. The van der Waals surface area contributed by atoms with E-state index in [2.05, 4.69) is 24.5 Å². The molecule has 0 spiro atoms. The molecule has 0 aromatic carbocycles. The van der Waals surface area contributed by atoms with Crippen LogP contribution in [0.1, 0.15) is 90.9 Å². The van der Waals surface area contributed by atoms with Crippen molar-refractivity contribution < 1.29 is 40.8 Å². The number of rotatable bonds is 6. The maximum atomic E-state index is 4.60. The van der Waals surface area contributed by atoms with Gasteiger partial charge in [-0.25, -0.2) is 0 Å². The smallest absolute Gasteiger partial charge is 0 e. The SMILES string of the molecule is CCC[N-]C1CCCCC1.CCC[N-]C1CCCCC1.I.[Nd]. The zero-order valence-electron chi connectivity index (χ0n) is 14.9. The third-order valence-corrected chi connectivity index (χ3v) is 4.37. The number of halogens is 1. The van der Waals surface area contributed by atoms with Crippen molar-refractivity contribution in [2.45, 2.75) is 103 Å². The van der Waals surface area contributed by atoms with Crippen LogP contribution in [0.25, 0.3) is 10.6 Å². The van der Waals surface area contributed by atoms with Crippen molar-refractivity contribution in [2.24, 2.45) is 0 Å². The first-order valence-electron chi connectivity index (χ1n) is 9.20. The fraction of sp³-hybridized carbons (Fsp3) is 1.00. The Hall–Kier alpha value is 2.00. The largest absolute Gasteiger partial charge is 0.660 e. The normalized spacial score (nSPS) is 19.4. The molecule has 0 heterocycles. The first-order valence-corrected chi connectivity index (χ1v) is 9.20. The molecule has 2 rings (SSSR count). The van der Waals surface area contributed by atoms with Gasteiger partial charge in [0.05, 0.1) is 0 Å². The standard InChI is InChI=1S/2C9H18N.HI.Nd/c2*1-2-8-10-9-6-4-3-5-7-9;;/h2*9H,2-8H2,1H3;1H;/q2*-1;;. The Morgan fingerprint density at radius 2 is 0.955 bits per heavy atom. The van der Waals surface area contributed by atoms with E-state index < -0.39 is 0 Å². The Labute approximate surface area is 189 Å². The average Bonchev–Trinajstić information content (AvgIpc) is 2.53. The fourth-order valence-electron chi connectivity index (χ4n) is 3.15. The van der Waals surface area contributed by atoms with Gasteiger partial charge in [-0.15, -0.1) is 49.1 Å². The van der Waals surface area contributed by atoms with Crippen molar-refractivity contribution in [1.82, 2.24) is 0 Å². The first kappa shape index (κ1) is 26.2. The minimum absolute atomic E-state index is 0. The molecule has 2 aliphatic carbocycles. The molecule has 0 N–H and O–H groups in total.